The molecule has 16 heavy (non-hydrogen) atoms. The Kier molecular flexibility index (Phi) is 2.03. The number of para-hydroxylation sites is 2. The van der Waals surface area contributed by atoms with Gasteiger partial charge in [0, 0.05) is 16.3 Å². The fourth-order valence-electron chi connectivity index (χ4n) is 2.08. The van der Waals surface area contributed by atoms with Gasteiger partial charge in [-0.25, -0.2) is 0 Å². The van der Waals surface area contributed by atoms with E-state index in [1.165, 1.54) is 10.8 Å². The molecule has 0 atom stereocenters. The van der Waals surface area contributed by atoms with Gasteiger partial charge in [0.15, 0.2) is 0 Å². The molecule has 1 nitrogen and oxygen atoms in total. The van der Waals surface area contributed by atoms with Gasteiger partial charge in [-0.3, -0.25) is 0 Å². The Morgan fingerprint density at radius 3 is 2.62 bits per heavy atom. The van der Waals surface area contributed by atoms with Crippen molar-refractivity contribution >= 4 is 28.0 Å². The third kappa shape index (κ3) is 1.25. The van der Waals surface area contributed by atoms with Crippen LogP contribution in [0.3, 0.4) is 0 Å². The summed E-state index contributed by atoms with van der Waals surface area (Å²) in [5.74, 6) is 0. The molecule has 0 spiro atoms. The normalized spacial score (nSPS) is 11.8. The summed E-state index contributed by atoms with van der Waals surface area (Å²) in [6.45, 7) is 2.02. The van der Waals surface area contributed by atoms with Gasteiger partial charge in [0.25, 0.3) is 0 Å². The van der Waals surface area contributed by atoms with Gasteiger partial charge in [-0.05, 0) is 13.0 Å². The molecular weight excluding hydrogens is 196 g/mol. The fraction of sp³-hybridized carbons (Fsp3) is 0.0667. The van der Waals surface area contributed by atoms with E-state index in [2.05, 4.69) is 30.3 Å². The van der Waals surface area contributed by atoms with Crippen LogP contribution in [0.1, 0.15) is 12.5 Å². The highest BCUT2D eigenvalue weighted by molar-refractivity contribution is 6.07. The van der Waals surface area contributed by atoms with Crippen molar-refractivity contribution in [3.63, 3.8) is 0 Å². The Morgan fingerprint density at radius 2 is 1.75 bits per heavy atom. The average molecular weight is 208 g/mol. The minimum Gasteiger partial charge on any atom is -0.455 e. The predicted octanol–water partition coefficient (Wildman–Crippen LogP) is 4.62. The van der Waals surface area contributed by atoms with E-state index >= 15 is 0 Å². The molecule has 0 fully saturated rings. The summed E-state index contributed by atoms with van der Waals surface area (Å²) >= 11 is 0. The Morgan fingerprint density at radius 1 is 0.938 bits per heavy atom. The summed E-state index contributed by atoms with van der Waals surface area (Å²) in [6.07, 6.45) is 4.10. The van der Waals surface area contributed by atoms with Crippen LogP contribution >= 0.6 is 0 Å². The maximum absolute atomic E-state index is 5.88. The number of hydrogen-bond donors (Lipinski definition) is 0. The van der Waals surface area contributed by atoms with Gasteiger partial charge in [0.2, 0.25) is 0 Å². The number of furan rings is 1. The van der Waals surface area contributed by atoms with E-state index in [9.17, 15) is 0 Å². The summed E-state index contributed by atoms with van der Waals surface area (Å²) in [5.41, 5.74) is 3.06. The van der Waals surface area contributed by atoms with Crippen molar-refractivity contribution in [3.05, 3.63) is 54.1 Å². The largest absolute Gasteiger partial charge is 0.455 e. The third-order valence-electron chi connectivity index (χ3n) is 2.78. The van der Waals surface area contributed by atoms with Gasteiger partial charge in [-0.15, -0.1) is 0 Å². The average Bonchev–Trinajstić information content (AvgIpc) is 2.69. The van der Waals surface area contributed by atoms with E-state index in [1.54, 1.807) is 0 Å². The van der Waals surface area contributed by atoms with Gasteiger partial charge < -0.3 is 4.42 Å². The Bertz CT molecular complexity index is 674. The summed E-state index contributed by atoms with van der Waals surface area (Å²) < 4.78 is 5.88. The summed E-state index contributed by atoms with van der Waals surface area (Å²) in [4.78, 5) is 0. The zero-order valence-electron chi connectivity index (χ0n) is 9.10. The maximum atomic E-state index is 5.88. The van der Waals surface area contributed by atoms with Gasteiger partial charge in [-0.1, -0.05) is 48.6 Å². The number of fused-ring (bicyclic) bond motifs is 3. The number of allylic oxidation sites excluding steroid dienone is 1. The fourth-order valence-corrected chi connectivity index (χ4v) is 2.08. The zero-order chi connectivity index (χ0) is 11.0. The lowest BCUT2D eigenvalue weighted by Crippen LogP contribution is -1.72. The van der Waals surface area contributed by atoms with Crippen LogP contribution in [0.2, 0.25) is 0 Å². The lowest BCUT2D eigenvalue weighted by Gasteiger charge is -1.93. The number of rotatable bonds is 1. The SMILES string of the molecule is C/C=C/c1cccc2c1oc1ccccc12. The highest BCUT2D eigenvalue weighted by atomic mass is 16.3. The molecule has 1 heterocycles. The molecule has 2 aromatic carbocycles. The first-order chi connectivity index (χ1) is 7.90. The molecule has 0 radical (unpaired) electrons. The third-order valence-corrected chi connectivity index (χ3v) is 2.78. The Hall–Kier alpha value is -2.02. The monoisotopic (exact) mass is 208 g/mol. The second-order valence-electron chi connectivity index (χ2n) is 3.82. The number of hydrogen-bond acceptors (Lipinski definition) is 1. The number of benzene rings is 2. The van der Waals surface area contributed by atoms with E-state index in [1.807, 2.05) is 31.2 Å². The predicted molar refractivity (Wildman–Crippen MR) is 68.4 cm³/mol. The molecule has 3 rings (SSSR count). The molecule has 78 valence electrons. The smallest absolute Gasteiger partial charge is 0.142 e. The molecule has 1 aromatic heterocycles. The van der Waals surface area contributed by atoms with E-state index in [-0.39, 0.29) is 0 Å². The van der Waals surface area contributed by atoms with Crippen molar-refractivity contribution in [1.29, 1.82) is 0 Å². The van der Waals surface area contributed by atoms with Gasteiger partial charge in [-0.2, -0.15) is 0 Å². The maximum Gasteiger partial charge on any atom is 0.142 e. The minimum atomic E-state index is 0.953. The molecule has 3 aromatic rings. The van der Waals surface area contributed by atoms with Crippen molar-refractivity contribution < 1.29 is 4.42 Å². The van der Waals surface area contributed by atoms with Crippen molar-refractivity contribution in [2.45, 2.75) is 6.92 Å². The first kappa shape index (κ1) is 9.22. The van der Waals surface area contributed by atoms with E-state index in [4.69, 9.17) is 4.42 Å². The minimum absolute atomic E-state index is 0.953. The van der Waals surface area contributed by atoms with Gasteiger partial charge >= 0.3 is 0 Å². The van der Waals surface area contributed by atoms with Crippen LogP contribution in [-0.2, 0) is 0 Å². The lowest BCUT2D eigenvalue weighted by atomic mass is 10.1. The Labute approximate surface area is 94.0 Å². The Balaban J connectivity index is 2.48. The van der Waals surface area contributed by atoms with Crippen LogP contribution in [0.5, 0.6) is 0 Å². The molecular formula is C15H12O. The van der Waals surface area contributed by atoms with Crippen LogP contribution < -0.4 is 0 Å². The molecule has 0 amide bonds. The van der Waals surface area contributed by atoms with E-state index in [0.717, 1.165) is 16.7 Å². The summed E-state index contributed by atoms with van der Waals surface area (Å²) in [6, 6.07) is 14.4. The van der Waals surface area contributed by atoms with Gasteiger partial charge in [0.1, 0.15) is 11.2 Å². The van der Waals surface area contributed by atoms with Crippen LogP contribution in [-0.4, -0.2) is 0 Å². The highest BCUT2D eigenvalue weighted by Gasteiger charge is 2.07. The molecule has 0 aliphatic rings. The molecule has 0 unspecified atom stereocenters. The molecule has 0 bridgehead atoms. The molecule has 0 aliphatic carbocycles. The summed E-state index contributed by atoms with van der Waals surface area (Å²) in [7, 11) is 0. The first-order valence-electron chi connectivity index (χ1n) is 5.43. The van der Waals surface area contributed by atoms with Crippen molar-refractivity contribution in [3.8, 4) is 0 Å². The highest BCUT2D eigenvalue weighted by Crippen LogP contribution is 2.30. The molecule has 0 aliphatic heterocycles. The van der Waals surface area contributed by atoms with E-state index < -0.39 is 0 Å². The van der Waals surface area contributed by atoms with Crippen LogP contribution in [0.4, 0.5) is 0 Å². The summed E-state index contributed by atoms with van der Waals surface area (Å²) in [5, 5.41) is 2.37. The molecule has 1 heteroatoms. The molecule has 0 saturated carbocycles. The van der Waals surface area contributed by atoms with E-state index in [0.29, 0.717) is 0 Å². The lowest BCUT2D eigenvalue weighted by molar-refractivity contribution is 0.668. The zero-order valence-corrected chi connectivity index (χ0v) is 9.10. The second kappa shape index (κ2) is 3.53. The topological polar surface area (TPSA) is 13.1 Å². The van der Waals surface area contributed by atoms with Crippen molar-refractivity contribution in [1.82, 2.24) is 0 Å². The van der Waals surface area contributed by atoms with Crippen LogP contribution in [0, 0.1) is 0 Å². The van der Waals surface area contributed by atoms with Crippen LogP contribution in [0.15, 0.2) is 53.0 Å². The van der Waals surface area contributed by atoms with Crippen molar-refractivity contribution in [2.24, 2.45) is 0 Å². The quantitative estimate of drug-likeness (QED) is 0.568. The van der Waals surface area contributed by atoms with Gasteiger partial charge in [0.05, 0.1) is 0 Å². The van der Waals surface area contributed by atoms with Crippen molar-refractivity contribution in [2.75, 3.05) is 0 Å². The molecule has 0 N–H and O–H groups in total. The second-order valence-corrected chi connectivity index (χ2v) is 3.82. The van der Waals surface area contributed by atoms with Crippen LogP contribution in [0.25, 0.3) is 28.0 Å². The molecule has 0 saturated heterocycles. The standard InChI is InChI=1S/C15H12O/c1-2-6-11-7-5-9-13-12-8-3-4-10-14(12)16-15(11)13/h2-10H,1H3/b6-2+. The first-order valence-corrected chi connectivity index (χ1v) is 5.43.